The lowest BCUT2D eigenvalue weighted by Crippen LogP contribution is -2.22. The van der Waals surface area contributed by atoms with E-state index < -0.39 is 0 Å². The lowest BCUT2D eigenvalue weighted by atomic mass is 9.89. The second-order valence-corrected chi connectivity index (χ2v) is 5.53. The quantitative estimate of drug-likeness (QED) is 0.748. The third-order valence-electron chi connectivity index (χ3n) is 2.29. The van der Waals surface area contributed by atoms with Crippen LogP contribution in [0.1, 0.15) is 31.3 Å². The number of Topliss-reactive ketones (excluding diaryl/α,β-unsaturated/α-hetero) is 1. The van der Waals surface area contributed by atoms with Crippen molar-refractivity contribution in [1.29, 1.82) is 0 Å². The van der Waals surface area contributed by atoms with Crippen molar-refractivity contribution in [2.45, 2.75) is 20.8 Å². The summed E-state index contributed by atoms with van der Waals surface area (Å²) in [5.41, 5.74) is 0.329. The molecule has 2 heterocycles. The standard InChI is InChI=1S/C12H14N2OS/c1-12(2,3)10(15)9-5-4-7-14(9)11-13-6-8-16-11/h4-8H,1-3H3. The predicted molar refractivity (Wildman–Crippen MR) is 65.2 cm³/mol. The average Bonchev–Trinajstić information content (AvgIpc) is 2.85. The van der Waals surface area contributed by atoms with Crippen LogP contribution in [-0.2, 0) is 0 Å². The van der Waals surface area contributed by atoms with Crippen LogP contribution in [0.3, 0.4) is 0 Å². The van der Waals surface area contributed by atoms with E-state index in [1.807, 2.05) is 49.0 Å². The Morgan fingerprint density at radius 2 is 2.19 bits per heavy atom. The molecule has 0 aliphatic rings. The zero-order chi connectivity index (χ0) is 11.8. The SMILES string of the molecule is CC(C)(C)C(=O)c1cccn1-c1nccs1. The van der Waals surface area contributed by atoms with Gasteiger partial charge in [-0.25, -0.2) is 4.98 Å². The van der Waals surface area contributed by atoms with Crippen LogP contribution < -0.4 is 0 Å². The molecule has 4 heteroatoms. The molecule has 0 saturated carbocycles. The van der Waals surface area contributed by atoms with Gasteiger partial charge in [-0.05, 0) is 12.1 Å². The summed E-state index contributed by atoms with van der Waals surface area (Å²) in [7, 11) is 0. The molecular weight excluding hydrogens is 220 g/mol. The topological polar surface area (TPSA) is 34.9 Å². The molecule has 0 N–H and O–H groups in total. The lowest BCUT2D eigenvalue weighted by molar-refractivity contribution is 0.0851. The van der Waals surface area contributed by atoms with Crippen LogP contribution in [0.2, 0.25) is 0 Å². The Bertz CT molecular complexity index is 491. The highest BCUT2D eigenvalue weighted by atomic mass is 32.1. The highest BCUT2D eigenvalue weighted by molar-refractivity contribution is 7.12. The van der Waals surface area contributed by atoms with E-state index >= 15 is 0 Å². The summed E-state index contributed by atoms with van der Waals surface area (Å²) in [6.07, 6.45) is 3.61. The summed E-state index contributed by atoms with van der Waals surface area (Å²) in [6.45, 7) is 5.78. The molecule has 0 amide bonds. The normalized spacial score (nSPS) is 11.7. The Labute approximate surface area is 98.8 Å². The Hall–Kier alpha value is -1.42. The second-order valence-electron chi connectivity index (χ2n) is 4.66. The molecule has 0 bridgehead atoms. The monoisotopic (exact) mass is 234 g/mol. The van der Waals surface area contributed by atoms with E-state index in [1.54, 1.807) is 6.20 Å². The van der Waals surface area contributed by atoms with Crippen LogP contribution in [0.15, 0.2) is 29.9 Å². The molecule has 0 unspecified atom stereocenters. The Morgan fingerprint density at radius 3 is 2.75 bits per heavy atom. The highest BCUT2D eigenvalue weighted by Crippen LogP contribution is 2.23. The number of hydrogen-bond acceptors (Lipinski definition) is 3. The molecule has 3 nitrogen and oxygen atoms in total. The van der Waals surface area contributed by atoms with Crippen molar-refractivity contribution in [3.05, 3.63) is 35.6 Å². The molecule has 0 aliphatic carbocycles. The van der Waals surface area contributed by atoms with Crippen LogP contribution in [0.25, 0.3) is 5.13 Å². The molecule has 16 heavy (non-hydrogen) atoms. The number of carbonyl (C=O) groups excluding carboxylic acids is 1. The maximum atomic E-state index is 12.2. The summed E-state index contributed by atoms with van der Waals surface area (Å²) in [5, 5.41) is 2.73. The van der Waals surface area contributed by atoms with Gasteiger partial charge in [-0.15, -0.1) is 11.3 Å². The molecule has 0 spiro atoms. The smallest absolute Gasteiger partial charge is 0.194 e. The van der Waals surface area contributed by atoms with Gasteiger partial charge in [-0.3, -0.25) is 9.36 Å². The van der Waals surface area contributed by atoms with Gasteiger partial charge in [0.1, 0.15) is 0 Å². The minimum absolute atomic E-state index is 0.132. The van der Waals surface area contributed by atoms with Gasteiger partial charge in [0.25, 0.3) is 0 Å². The molecule has 2 aromatic rings. The first-order valence-electron chi connectivity index (χ1n) is 5.12. The number of aromatic nitrogens is 2. The fourth-order valence-corrected chi connectivity index (χ4v) is 2.09. The van der Waals surface area contributed by atoms with Crippen molar-refractivity contribution in [3.8, 4) is 5.13 Å². The summed E-state index contributed by atoms with van der Waals surface area (Å²) in [5.74, 6) is 0.132. The van der Waals surface area contributed by atoms with Gasteiger partial charge in [0, 0.05) is 23.2 Å². The average molecular weight is 234 g/mol. The van der Waals surface area contributed by atoms with Crippen molar-refractivity contribution >= 4 is 17.1 Å². The fraction of sp³-hybridized carbons (Fsp3) is 0.333. The minimum Gasteiger partial charge on any atom is -0.292 e. The number of carbonyl (C=O) groups is 1. The number of ketones is 1. The zero-order valence-corrected chi connectivity index (χ0v) is 10.4. The van der Waals surface area contributed by atoms with Crippen LogP contribution >= 0.6 is 11.3 Å². The maximum absolute atomic E-state index is 12.2. The highest BCUT2D eigenvalue weighted by Gasteiger charge is 2.25. The Morgan fingerprint density at radius 1 is 1.44 bits per heavy atom. The first-order valence-corrected chi connectivity index (χ1v) is 6.00. The molecule has 0 aliphatic heterocycles. The van der Waals surface area contributed by atoms with Gasteiger partial charge in [-0.2, -0.15) is 0 Å². The Kier molecular flexibility index (Phi) is 2.68. The number of thiazole rings is 1. The molecule has 0 aromatic carbocycles. The first-order chi connectivity index (χ1) is 7.50. The van der Waals surface area contributed by atoms with Gasteiger partial charge in [-0.1, -0.05) is 20.8 Å². The molecule has 0 atom stereocenters. The van der Waals surface area contributed by atoms with Crippen LogP contribution in [0, 0.1) is 5.41 Å². The number of rotatable bonds is 2. The summed E-state index contributed by atoms with van der Waals surface area (Å²) < 4.78 is 1.85. The van der Waals surface area contributed by atoms with Gasteiger partial charge in [0.2, 0.25) is 0 Å². The summed E-state index contributed by atoms with van der Waals surface area (Å²) >= 11 is 1.52. The molecular formula is C12H14N2OS. The van der Waals surface area contributed by atoms with Crippen LogP contribution in [-0.4, -0.2) is 15.3 Å². The third-order valence-corrected chi connectivity index (χ3v) is 3.06. The van der Waals surface area contributed by atoms with Crippen LogP contribution in [0.4, 0.5) is 0 Å². The maximum Gasteiger partial charge on any atom is 0.194 e. The van der Waals surface area contributed by atoms with Crippen molar-refractivity contribution < 1.29 is 4.79 Å². The summed E-state index contributed by atoms with van der Waals surface area (Å²) in [6, 6.07) is 3.72. The Balaban J connectivity index is 2.45. The fourth-order valence-electron chi connectivity index (χ4n) is 1.45. The van der Waals surface area contributed by atoms with Crippen molar-refractivity contribution in [2.24, 2.45) is 5.41 Å². The van der Waals surface area contributed by atoms with E-state index in [1.165, 1.54) is 11.3 Å². The van der Waals surface area contributed by atoms with E-state index in [0.29, 0.717) is 5.69 Å². The van der Waals surface area contributed by atoms with Gasteiger partial charge in [0.05, 0.1) is 5.69 Å². The minimum atomic E-state index is -0.368. The van der Waals surface area contributed by atoms with Crippen molar-refractivity contribution in [1.82, 2.24) is 9.55 Å². The predicted octanol–water partition coefficient (Wildman–Crippen LogP) is 3.16. The van der Waals surface area contributed by atoms with Crippen LogP contribution in [0.5, 0.6) is 0 Å². The molecule has 84 valence electrons. The molecule has 0 fully saturated rings. The van der Waals surface area contributed by atoms with E-state index in [4.69, 9.17) is 0 Å². The molecule has 0 saturated heterocycles. The molecule has 2 aromatic heterocycles. The second kappa shape index (κ2) is 3.87. The van der Waals surface area contributed by atoms with E-state index in [2.05, 4.69) is 4.98 Å². The summed E-state index contributed by atoms with van der Waals surface area (Å²) in [4.78, 5) is 16.4. The number of nitrogens with zero attached hydrogens (tertiary/aromatic N) is 2. The van der Waals surface area contributed by atoms with Gasteiger partial charge >= 0.3 is 0 Å². The first kappa shape index (κ1) is 11.1. The van der Waals surface area contributed by atoms with Gasteiger partial charge in [0.15, 0.2) is 10.9 Å². The zero-order valence-electron chi connectivity index (χ0n) is 9.60. The largest absolute Gasteiger partial charge is 0.292 e. The lowest BCUT2D eigenvalue weighted by Gasteiger charge is -2.17. The third kappa shape index (κ3) is 1.93. The molecule has 2 rings (SSSR count). The number of hydrogen-bond donors (Lipinski definition) is 0. The van der Waals surface area contributed by atoms with E-state index in [-0.39, 0.29) is 11.2 Å². The van der Waals surface area contributed by atoms with Crippen molar-refractivity contribution in [3.63, 3.8) is 0 Å². The van der Waals surface area contributed by atoms with E-state index in [9.17, 15) is 4.79 Å². The molecule has 0 radical (unpaired) electrons. The van der Waals surface area contributed by atoms with E-state index in [0.717, 1.165) is 5.13 Å². The van der Waals surface area contributed by atoms with Crippen molar-refractivity contribution in [2.75, 3.05) is 0 Å². The van der Waals surface area contributed by atoms with Gasteiger partial charge < -0.3 is 0 Å².